The molecule has 5 aliphatic rings. The number of carbonyl (C=O) groups excluding carboxylic acids is 2. The van der Waals surface area contributed by atoms with E-state index >= 15 is 0 Å². The Bertz CT molecular complexity index is 741. The molecule has 9 atom stereocenters. The van der Waals surface area contributed by atoms with Crippen LogP contribution in [-0.4, -0.2) is 24.1 Å². The van der Waals surface area contributed by atoms with Gasteiger partial charge in [-0.15, -0.1) is 0 Å². The van der Waals surface area contributed by atoms with E-state index < -0.39 is 0 Å². The van der Waals surface area contributed by atoms with Gasteiger partial charge in [0.1, 0.15) is 12.2 Å². The van der Waals surface area contributed by atoms with Gasteiger partial charge in [-0.05, 0) is 86.0 Å². The minimum absolute atomic E-state index is 0.0212. The minimum atomic E-state index is -0.164. The van der Waals surface area contributed by atoms with Crippen LogP contribution in [0.3, 0.4) is 0 Å². The molecule has 28 heavy (non-hydrogen) atoms. The van der Waals surface area contributed by atoms with Crippen molar-refractivity contribution in [1.82, 2.24) is 0 Å². The van der Waals surface area contributed by atoms with Gasteiger partial charge >= 0.3 is 11.9 Å². The fourth-order valence-corrected chi connectivity index (χ4v) is 8.19. The van der Waals surface area contributed by atoms with Crippen molar-refractivity contribution < 1.29 is 19.1 Å². The maximum Gasteiger partial charge on any atom is 0.303 e. The number of hydrogen-bond acceptors (Lipinski definition) is 4. The first-order valence-electron chi connectivity index (χ1n) is 11.3. The van der Waals surface area contributed by atoms with Crippen molar-refractivity contribution >= 4 is 11.9 Å². The average Bonchev–Trinajstić information content (AvgIpc) is 3.33. The first-order chi connectivity index (χ1) is 13.2. The lowest BCUT2D eigenvalue weighted by molar-refractivity contribution is -0.157. The molecule has 5 rings (SSSR count). The Morgan fingerprint density at radius 1 is 0.964 bits per heavy atom. The highest BCUT2D eigenvalue weighted by Gasteiger charge is 2.68. The normalized spacial score (nSPS) is 51.0. The fourth-order valence-electron chi connectivity index (χ4n) is 8.19. The zero-order chi connectivity index (χ0) is 19.8. The van der Waals surface area contributed by atoms with Gasteiger partial charge < -0.3 is 9.47 Å². The Morgan fingerprint density at radius 2 is 1.71 bits per heavy atom. The van der Waals surface area contributed by atoms with Gasteiger partial charge in [-0.3, -0.25) is 9.59 Å². The maximum absolute atomic E-state index is 11.7. The molecule has 4 fully saturated rings. The quantitative estimate of drug-likeness (QED) is 0.511. The van der Waals surface area contributed by atoms with E-state index in [9.17, 15) is 9.59 Å². The van der Waals surface area contributed by atoms with Gasteiger partial charge in [-0.1, -0.05) is 19.4 Å². The van der Waals surface area contributed by atoms with Crippen LogP contribution in [0.15, 0.2) is 11.6 Å². The molecule has 0 aromatic rings. The largest absolute Gasteiger partial charge is 0.462 e. The smallest absolute Gasteiger partial charge is 0.303 e. The molecule has 4 saturated carbocycles. The van der Waals surface area contributed by atoms with E-state index in [1.165, 1.54) is 32.6 Å². The van der Waals surface area contributed by atoms with E-state index in [0.29, 0.717) is 11.8 Å². The zero-order valence-electron chi connectivity index (χ0n) is 17.7. The highest BCUT2D eigenvalue weighted by atomic mass is 16.5. The highest BCUT2D eigenvalue weighted by molar-refractivity contribution is 5.66. The maximum atomic E-state index is 11.7. The summed E-state index contributed by atoms with van der Waals surface area (Å²) in [5.41, 5.74) is 2.03. The monoisotopic (exact) mass is 386 g/mol. The second-order valence-electron chi connectivity index (χ2n) is 10.7. The summed E-state index contributed by atoms with van der Waals surface area (Å²) in [7, 11) is 0. The summed E-state index contributed by atoms with van der Waals surface area (Å²) < 4.78 is 11.4. The van der Waals surface area contributed by atoms with Gasteiger partial charge in [-0.2, -0.15) is 0 Å². The van der Waals surface area contributed by atoms with Crippen molar-refractivity contribution in [3.63, 3.8) is 0 Å². The second-order valence-corrected chi connectivity index (χ2v) is 10.7. The van der Waals surface area contributed by atoms with Gasteiger partial charge in [0.25, 0.3) is 0 Å². The van der Waals surface area contributed by atoms with E-state index in [-0.39, 0.29) is 35.0 Å². The van der Waals surface area contributed by atoms with Crippen molar-refractivity contribution in [1.29, 1.82) is 0 Å². The molecule has 5 aliphatic carbocycles. The molecule has 154 valence electrons. The first-order valence-corrected chi connectivity index (χ1v) is 11.3. The summed E-state index contributed by atoms with van der Waals surface area (Å²) in [5.74, 6) is 3.40. The van der Waals surface area contributed by atoms with Crippen molar-refractivity contribution in [2.75, 3.05) is 0 Å². The van der Waals surface area contributed by atoms with Crippen molar-refractivity contribution in [2.45, 2.75) is 84.8 Å². The Morgan fingerprint density at radius 3 is 2.43 bits per heavy atom. The van der Waals surface area contributed by atoms with Gasteiger partial charge in [0.15, 0.2) is 0 Å². The Hall–Kier alpha value is -1.32. The average molecular weight is 387 g/mol. The van der Waals surface area contributed by atoms with Crippen LogP contribution < -0.4 is 0 Å². The van der Waals surface area contributed by atoms with Crippen LogP contribution in [0, 0.1) is 40.4 Å². The number of esters is 2. The molecule has 4 nitrogen and oxygen atoms in total. The van der Waals surface area contributed by atoms with E-state index in [0.717, 1.165) is 37.0 Å². The molecule has 0 radical (unpaired) electrons. The van der Waals surface area contributed by atoms with Gasteiger partial charge in [0.05, 0.1) is 0 Å². The van der Waals surface area contributed by atoms with Crippen LogP contribution in [0.2, 0.25) is 0 Å². The Labute approximate surface area is 168 Å². The van der Waals surface area contributed by atoms with Gasteiger partial charge in [-0.25, -0.2) is 0 Å². The molecule has 0 unspecified atom stereocenters. The Balaban J connectivity index is 1.44. The summed E-state index contributed by atoms with van der Waals surface area (Å²) in [5, 5.41) is 0. The van der Waals surface area contributed by atoms with Crippen LogP contribution in [0.25, 0.3) is 0 Å². The van der Waals surface area contributed by atoms with Crippen molar-refractivity contribution in [2.24, 2.45) is 40.4 Å². The number of ether oxygens (including phenoxy) is 2. The molecule has 4 heteroatoms. The lowest BCUT2D eigenvalue weighted by Gasteiger charge is -2.58. The van der Waals surface area contributed by atoms with Crippen LogP contribution in [0.5, 0.6) is 0 Å². The number of fused-ring (bicyclic) bond motifs is 8. The van der Waals surface area contributed by atoms with Crippen LogP contribution >= 0.6 is 0 Å². The van der Waals surface area contributed by atoms with Crippen LogP contribution in [0.4, 0.5) is 0 Å². The molecule has 0 aromatic carbocycles. The third-order valence-corrected chi connectivity index (χ3v) is 9.40. The summed E-state index contributed by atoms with van der Waals surface area (Å²) in [6.45, 7) is 7.97. The van der Waals surface area contributed by atoms with E-state index in [1.807, 2.05) is 0 Å². The predicted molar refractivity (Wildman–Crippen MR) is 105 cm³/mol. The highest BCUT2D eigenvalue weighted by Crippen LogP contribution is 2.74. The van der Waals surface area contributed by atoms with Gasteiger partial charge in [0.2, 0.25) is 0 Å². The Kier molecular flexibility index (Phi) is 4.07. The molecule has 0 N–H and O–H groups in total. The van der Waals surface area contributed by atoms with Crippen LogP contribution in [0.1, 0.15) is 72.6 Å². The van der Waals surface area contributed by atoms with Crippen molar-refractivity contribution in [3.8, 4) is 0 Å². The summed E-state index contributed by atoms with van der Waals surface area (Å²) in [6, 6.07) is 0. The second kappa shape index (κ2) is 6.09. The molecule has 0 amide bonds. The van der Waals surface area contributed by atoms with E-state index in [2.05, 4.69) is 19.9 Å². The molecule has 0 bridgehead atoms. The third-order valence-electron chi connectivity index (χ3n) is 9.40. The molecule has 0 saturated heterocycles. The fraction of sp³-hybridized carbons (Fsp3) is 0.833. The van der Waals surface area contributed by atoms with Gasteiger partial charge in [0, 0.05) is 19.3 Å². The SMILES string of the molecule is CC(=O)O[C@@H]1C=C2[C@@H]3C[C@@H]3[C@H]3[C@@H]4CC[C@H](OC(C)=O)[C@@]4(C)CC[C@@H]3[C@@]2(C)CC1. The zero-order valence-corrected chi connectivity index (χ0v) is 17.7. The first kappa shape index (κ1) is 18.7. The van der Waals surface area contributed by atoms with Crippen LogP contribution in [-0.2, 0) is 19.1 Å². The number of allylic oxidation sites excluding steroid dienone is 1. The number of rotatable bonds is 2. The number of carbonyl (C=O) groups is 2. The standard InChI is InChI=1S/C24H34O4/c1-13(25)27-15-7-9-23(3)19-8-10-24(4)18(5-6-21(24)28-14(2)26)22(19)17-12-16(17)20(23)11-15/h11,15-19,21-22H,5-10,12H2,1-4H3/t15-,16+,17-,18-,19-,21-,22-,23+,24-/m0/s1. The minimum Gasteiger partial charge on any atom is -0.462 e. The van der Waals surface area contributed by atoms with Crippen molar-refractivity contribution in [3.05, 3.63) is 11.6 Å². The molecule has 0 aliphatic heterocycles. The van der Waals surface area contributed by atoms with E-state index in [1.54, 1.807) is 12.5 Å². The molecular weight excluding hydrogens is 352 g/mol. The lowest BCUT2D eigenvalue weighted by atomic mass is 9.47. The summed E-state index contributed by atoms with van der Waals surface area (Å²) in [6.07, 6.45) is 10.5. The molecule has 0 spiro atoms. The number of hydrogen-bond donors (Lipinski definition) is 0. The molecule has 0 heterocycles. The third kappa shape index (κ3) is 2.55. The predicted octanol–water partition coefficient (Wildman–Crippen LogP) is 4.67. The topological polar surface area (TPSA) is 52.6 Å². The lowest BCUT2D eigenvalue weighted by Crippen LogP contribution is -2.53. The molecule has 0 aromatic heterocycles. The summed E-state index contributed by atoms with van der Waals surface area (Å²) >= 11 is 0. The van der Waals surface area contributed by atoms with E-state index in [4.69, 9.17) is 9.47 Å². The summed E-state index contributed by atoms with van der Waals surface area (Å²) in [4.78, 5) is 23.1. The molecular formula is C24H34O4.